The Balaban J connectivity index is 1.69. The maximum absolute atomic E-state index is 11.9. The number of carbonyl (C=O) groups is 2. The number of piperazine rings is 1. The highest BCUT2D eigenvalue weighted by molar-refractivity contribution is 7.98. The summed E-state index contributed by atoms with van der Waals surface area (Å²) in [6, 6.07) is 0. The number of aromatic nitrogens is 2. The fraction of sp³-hybridized carbons (Fsp3) is 0.667. The van der Waals surface area contributed by atoms with Gasteiger partial charge in [-0.2, -0.15) is 0 Å². The van der Waals surface area contributed by atoms with E-state index in [1.807, 2.05) is 27.0 Å². The van der Waals surface area contributed by atoms with Gasteiger partial charge in [0.1, 0.15) is 5.82 Å². The van der Waals surface area contributed by atoms with Crippen LogP contribution in [-0.2, 0) is 9.63 Å². The maximum Gasteiger partial charge on any atom is 0.330 e. The maximum atomic E-state index is 11.9. The van der Waals surface area contributed by atoms with Crippen molar-refractivity contribution in [3.63, 3.8) is 0 Å². The number of nitrogens with zero attached hydrogens (tertiary/aromatic N) is 4. The number of hydrogen-bond donors (Lipinski definition) is 1. The summed E-state index contributed by atoms with van der Waals surface area (Å²) in [6.07, 6.45) is 5.15. The Kier molecular flexibility index (Phi) is 8.00. The highest BCUT2D eigenvalue weighted by Crippen LogP contribution is 2.17. The standard InChI is InChI=1S/C18H29N5O3S/c1-18(2,3)16(25)26-23-10-8-22(9-11-23)7-5-6-19-15-14(13-24)12-20-17(21-15)27-4/h12-13H,5-11H2,1-4H3,(H,19,20,21). The van der Waals surface area contributed by atoms with Crippen LogP contribution in [-0.4, -0.2) is 77.7 Å². The van der Waals surface area contributed by atoms with Crippen LogP contribution in [0.15, 0.2) is 11.4 Å². The molecule has 0 radical (unpaired) electrons. The summed E-state index contributed by atoms with van der Waals surface area (Å²) < 4.78 is 0. The fourth-order valence-electron chi connectivity index (χ4n) is 2.51. The lowest BCUT2D eigenvalue weighted by Gasteiger charge is -2.34. The topological polar surface area (TPSA) is 87.7 Å². The zero-order valence-corrected chi connectivity index (χ0v) is 17.3. The SMILES string of the molecule is CSc1ncc(C=O)c(NCCCN2CCN(OC(=O)C(C)(C)C)CC2)n1. The van der Waals surface area contributed by atoms with Crippen molar-refractivity contribution >= 4 is 29.8 Å². The Bertz CT molecular complexity index is 642. The lowest BCUT2D eigenvalue weighted by Crippen LogP contribution is -2.48. The molecule has 9 heteroatoms. The Labute approximate surface area is 165 Å². The van der Waals surface area contributed by atoms with Gasteiger partial charge < -0.3 is 15.1 Å². The minimum Gasteiger partial charge on any atom is -0.369 e. The molecule has 0 bridgehead atoms. The first kappa shape index (κ1) is 21.6. The minimum absolute atomic E-state index is 0.194. The van der Waals surface area contributed by atoms with Crippen molar-refractivity contribution < 1.29 is 14.4 Å². The molecular weight excluding hydrogens is 366 g/mol. The highest BCUT2D eigenvalue weighted by atomic mass is 32.2. The quantitative estimate of drug-likeness (QED) is 0.307. The zero-order chi connectivity index (χ0) is 19.9. The third-order valence-corrected chi connectivity index (χ3v) is 4.77. The average molecular weight is 396 g/mol. The van der Waals surface area contributed by atoms with Crippen LogP contribution < -0.4 is 5.32 Å². The molecule has 0 aromatic carbocycles. The summed E-state index contributed by atoms with van der Waals surface area (Å²) >= 11 is 1.44. The molecule has 1 saturated heterocycles. The third kappa shape index (κ3) is 6.75. The van der Waals surface area contributed by atoms with Crippen LogP contribution in [0, 0.1) is 5.41 Å². The van der Waals surface area contributed by atoms with E-state index in [-0.39, 0.29) is 5.97 Å². The van der Waals surface area contributed by atoms with Crippen molar-refractivity contribution in [2.24, 2.45) is 5.41 Å². The van der Waals surface area contributed by atoms with Gasteiger partial charge in [0, 0.05) is 38.9 Å². The first-order valence-electron chi connectivity index (χ1n) is 9.13. The van der Waals surface area contributed by atoms with Crippen LogP contribution in [0.25, 0.3) is 0 Å². The van der Waals surface area contributed by atoms with Gasteiger partial charge in [-0.05, 0) is 40.0 Å². The van der Waals surface area contributed by atoms with Crippen molar-refractivity contribution in [2.75, 3.05) is 50.8 Å². The molecule has 1 aromatic rings. The number of aldehydes is 1. The number of thioether (sulfide) groups is 1. The number of carbonyl (C=O) groups excluding carboxylic acids is 2. The Morgan fingerprint density at radius 3 is 2.63 bits per heavy atom. The fourth-order valence-corrected chi connectivity index (χ4v) is 2.85. The van der Waals surface area contributed by atoms with Gasteiger partial charge in [-0.15, -0.1) is 5.06 Å². The molecule has 1 aliphatic heterocycles. The minimum atomic E-state index is -0.486. The monoisotopic (exact) mass is 395 g/mol. The molecule has 8 nitrogen and oxygen atoms in total. The van der Waals surface area contributed by atoms with Crippen LogP contribution in [0.2, 0.25) is 0 Å². The van der Waals surface area contributed by atoms with Crippen LogP contribution in [0.4, 0.5) is 5.82 Å². The van der Waals surface area contributed by atoms with E-state index in [4.69, 9.17) is 4.84 Å². The van der Waals surface area contributed by atoms with Crippen molar-refractivity contribution in [1.29, 1.82) is 0 Å². The van der Waals surface area contributed by atoms with E-state index in [2.05, 4.69) is 20.2 Å². The summed E-state index contributed by atoms with van der Waals surface area (Å²) in [6.45, 7) is 10.4. The lowest BCUT2D eigenvalue weighted by molar-refractivity contribution is -0.206. The van der Waals surface area contributed by atoms with Gasteiger partial charge in [0.25, 0.3) is 0 Å². The summed E-state index contributed by atoms with van der Waals surface area (Å²) in [4.78, 5) is 39.3. The van der Waals surface area contributed by atoms with E-state index in [0.717, 1.165) is 38.9 Å². The molecule has 1 aliphatic rings. The van der Waals surface area contributed by atoms with Gasteiger partial charge in [0.15, 0.2) is 11.4 Å². The molecule has 1 N–H and O–H groups in total. The molecule has 0 aliphatic carbocycles. The van der Waals surface area contributed by atoms with Crippen LogP contribution in [0.5, 0.6) is 0 Å². The summed E-state index contributed by atoms with van der Waals surface area (Å²) in [5.41, 5.74) is -0.0117. The van der Waals surface area contributed by atoms with E-state index < -0.39 is 5.41 Å². The first-order chi connectivity index (χ1) is 12.8. The van der Waals surface area contributed by atoms with E-state index in [0.29, 0.717) is 29.6 Å². The smallest absolute Gasteiger partial charge is 0.330 e. The van der Waals surface area contributed by atoms with Crippen molar-refractivity contribution in [2.45, 2.75) is 32.3 Å². The summed E-state index contributed by atoms with van der Waals surface area (Å²) in [7, 11) is 0. The zero-order valence-electron chi connectivity index (χ0n) is 16.5. The molecule has 0 spiro atoms. The number of hydrogen-bond acceptors (Lipinski definition) is 9. The van der Waals surface area contributed by atoms with Gasteiger partial charge in [-0.25, -0.2) is 14.8 Å². The molecule has 1 aromatic heterocycles. The number of anilines is 1. The predicted molar refractivity (Wildman–Crippen MR) is 106 cm³/mol. The highest BCUT2D eigenvalue weighted by Gasteiger charge is 2.27. The number of hydroxylamine groups is 2. The van der Waals surface area contributed by atoms with Crippen LogP contribution in [0.1, 0.15) is 37.6 Å². The molecule has 0 atom stereocenters. The molecule has 150 valence electrons. The molecule has 2 heterocycles. The molecule has 0 unspecified atom stereocenters. The van der Waals surface area contributed by atoms with Gasteiger partial charge >= 0.3 is 5.97 Å². The van der Waals surface area contributed by atoms with E-state index in [1.54, 1.807) is 11.3 Å². The Hall–Kier alpha value is -1.71. The molecule has 0 amide bonds. The molecule has 1 fully saturated rings. The Morgan fingerprint density at radius 2 is 2.04 bits per heavy atom. The average Bonchev–Trinajstić information content (AvgIpc) is 2.65. The van der Waals surface area contributed by atoms with E-state index in [9.17, 15) is 9.59 Å². The van der Waals surface area contributed by atoms with E-state index >= 15 is 0 Å². The second-order valence-electron chi connectivity index (χ2n) is 7.46. The first-order valence-corrected chi connectivity index (χ1v) is 10.4. The predicted octanol–water partition coefficient (Wildman–Crippen LogP) is 1.93. The molecule has 0 saturated carbocycles. The van der Waals surface area contributed by atoms with Crippen molar-refractivity contribution in [1.82, 2.24) is 19.9 Å². The van der Waals surface area contributed by atoms with Crippen molar-refractivity contribution in [3.05, 3.63) is 11.8 Å². The molecule has 27 heavy (non-hydrogen) atoms. The van der Waals surface area contributed by atoms with Crippen molar-refractivity contribution in [3.8, 4) is 0 Å². The second kappa shape index (κ2) is 10.0. The van der Waals surface area contributed by atoms with Gasteiger partial charge in [-0.3, -0.25) is 4.79 Å². The van der Waals surface area contributed by atoms with E-state index in [1.165, 1.54) is 11.8 Å². The summed E-state index contributed by atoms with van der Waals surface area (Å²) in [5, 5.41) is 5.62. The lowest BCUT2D eigenvalue weighted by atomic mass is 9.98. The third-order valence-electron chi connectivity index (χ3n) is 4.20. The van der Waals surface area contributed by atoms with Gasteiger partial charge in [-0.1, -0.05) is 11.8 Å². The molecular formula is C18H29N5O3S. The van der Waals surface area contributed by atoms with Crippen LogP contribution in [0.3, 0.4) is 0 Å². The normalized spacial score (nSPS) is 16.1. The number of nitrogens with one attached hydrogen (secondary N) is 1. The van der Waals surface area contributed by atoms with Crippen LogP contribution >= 0.6 is 11.8 Å². The van der Waals surface area contributed by atoms with Gasteiger partial charge in [0.05, 0.1) is 11.0 Å². The number of rotatable bonds is 8. The Morgan fingerprint density at radius 1 is 1.33 bits per heavy atom. The summed E-state index contributed by atoms with van der Waals surface area (Å²) in [5.74, 6) is 0.392. The van der Waals surface area contributed by atoms with Gasteiger partial charge in [0.2, 0.25) is 0 Å². The second-order valence-corrected chi connectivity index (χ2v) is 8.23. The largest absolute Gasteiger partial charge is 0.369 e. The molecule has 2 rings (SSSR count).